The van der Waals surface area contributed by atoms with Crippen molar-refractivity contribution in [2.75, 3.05) is 44.9 Å². The van der Waals surface area contributed by atoms with E-state index in [1.807, 2.05) is 18.2 Å². The summed E-state index contributed by atoms with van der Waals surface area (Å²) in [5.74, 6) is 0.854. The van der Waals surface area contributed by atoms with Gasteiger partial charge in [-0.3, -0.25) is 4.79 Å². The van der Waals surface area contributed by atoms with Gasteiger partial charge in [-0.25, -0.2) is 13.1 Å². The second kappa shape index (κ2) is 12.0. The number of carbonyl (C=O) groups is 1. The minimum absolute atomic E-state index is 0.00153. The van der Waals surface area contributed by atoms with E-state index in [-0.39, 0.29) is 17.4 Å². The molecule has 0 saturated heterocycles. The molecule has 8 nitrogen and oxygen atoms in total. The molecule has 2 fully saturated rings. The van der Waals surface area contributed by atoms with E-state index in [2.05, 4.69) is 33.9 Å². The van der Waals surface area contributed by atoms with Crippen molar-refractivity contribution in [3.63, 3.8) is 0 Å². The van der Waals surface area contributed by atoms with Gasteiger partial charge in [-0.15, -0.1) is 0 Å². The fourth-order valence-corrected chi connectivity index (χ4v) is 9.72. The number of anilines is 1. The lowest BCUT2D eigenvalue weighted by molar-refractivity contribution is -0.0309. The van der Waals surface area contributed by atoms with Gasteiger partial charge in [0.05, 0.1) is 36.9 Å². The summed E-state index contributed by atoms with van der Waals surface area (Å²) in [6.45, 7) is 3.07. The summed E-state index contributed by atoms with van der Waals surface area (Å²) >= 11 is 6.42. The van der Waals surface area contributed by atoms with Crippen molar-refractivity contribution >= 4 is 33.2 Å². The number of nitrogens with zero attached hydrogens (tertiary/aromatic N) is 1. The van der Waals surface area contributed by atoms with Gasteiger partial charge < -0.3 is 19.1 Å². The number of benzene rings is 2. The molecule has 2 bridgehead atoms. The van der Waals surface area contributed by atoms with Gasteiger partial charge in [-0.2, -0.15) is 0 Å². The predicted molar refractivity (Wildman–Crippen MR) is 170 cm³/mol. The maximum Gasteiger partial charge on any atom is 0.264 e. The molecule has 236 valence electrons. The first-order chi connectivity index (χ1) is 21.3. The molecule has 2 aliphatic heterocycles. The van der Waals surface area contributed by atoms with Gasteiger partial charge in [0.15, 0.2) is 0 Å². The Kier molecular flexibility index (Phi) is 8.18. The number of halogens is 1. The SMILES string of the molecule is COCCO[C@H]1/C=C/C[C@@H]2C[C@H]2S(=O)(=O)NC(=O)c2ccc3c(c2)N(C[C@@H]2CC[C@H]21)C[C@@]1(CCCc2cc(Cl)ccc21)CO3. The largest absolute Gasteiger partial charge is 0.490 e. The molecule has 6 atom stereocenters. The van der Waals surface area contributed by atoms with Gasteiger partial charge in [0.2, 0.25) is 10.0 Å². The number of rotatable bonds is 4. The standard InChI is InChI=1S/C34H41ClN2O6S/c1-41-14-15-42-30-6-2-4-23-18-32(23)44(39,40)36-33(38)24-8-12-31-29(17-24)37(19-25-7-10-27(25)30)20-34(21-43-31)13-3-5-22-16-26(35)9-11-28(22)34/h2,6,8-9,11-12,16-17,23,25,27,30,32H,3-5,7,10,13-15,18-21H2,1H3,(H,36,38)/b6-2+/t23-,25+,27-,30+,32-,34+/m1/s1. The number of carbonyl (C=O) groups excluding carboxylic acids is 1. The molecule has 0 aromatic heterocycles. The first kappa shape index (κ1) is 30.1. The number of amides is 1. The van der Waals surface area contributed by atoms with Gasteiger partial charge >= 0.3 is 0 Å². The van der Waals surface area contributed by atoms with Gasteiger partial charge in [0.1, 0.15) is 5.75 Å². The van der Waals surface area contributed by atoms with E-state index in [0.717, 1.165) is 61.7 Å². The summed E-state index contributed by atoms with van der Waals surface area (Å²) < 4.78 is 46.9. The van der Waals surface area contributed by atoms with Crippen molar-refractivity contribution in [2.24, 2.45) is 17.8 Å². The second-order valence-corrected chi connectivity index (χ2v) is 15.6. The molecule has 2 saturated carbocycles. The Balaban J connectivity index is 1.28. The molecular weight excluding hydrogens is 600 g/mol. The van der Waals surface area contributed by atoms with E-state index < -0.39 is 21.2 Å². The number of hydrogen-bond donors (Lipinski definition) is 1. The molecule has 2 aromatic rings. The summed E-state index contributed by atoms with van der Waals surface area (Å²) in [6.07, 6.45) is 10.5. The molecule has 0 radical (unpaired) electrons. The van der Waals surface area contributed by atoms with Crippen LogP contribution in [-0.2, 0) is 31.3 Å². The zero-order valence-electron chi connectivity index (χ0n) is 25.2. The first-order valence-electron chi connectivity index (χ1n) is 15.9. The maximum absolute atomic E-state index is 13.3. The lowest BCUT2D eigenvalue weighted by Gasteiger charge is -2.46. The molecule has 2 aromatic carbocycles. The maximum atomic E-state index is 13.3. The van der Waals surface area contributed by atoms with Crippen molar-refractivity contribution in [3.8, 4) is 5.75 Å². The number of ether oxygens (including phenoxy) is 3. The average Bonchev–Trinajstić information content (AvgIpc) is 3.79. The minimum atomic E-state index is -3.79. The molecule has 2 heterocycles. The molecular formula is C34H41ClN2O6S. The summed E-state index contributed by atoms with van der Waals surface area (Å²) in [5.41, 5.74) is 3.48. The highest BCUT2D eigenvalue weighted by molar-refractivity contribution is 7.91. The number of allylic oxidation sites excluding steroid dienone is 1. The van der Waals surface area contributed by atoms with Crippen molar-refractivity contribution in [1.82, 2.24) is 4.72 Å². The smallest absolute Gasteiger partial charge is 0.264 e. The third-order valence-corrected chi connectivity index (χ3v) is 12.6. The molecule has 1 amide bonds. The van der Waals surface area contributed by atoms with E-state index in [0.29, 0.717) is 50.1 Å². The minimum Gasteiger partial charge on any atom is -0.490 e. The lowest BCUT2D eigenvalue weighted by atomic mass is 9.68. The van der Waals surface area contributed by atoms with Crippen LogP contribution in [0.5, 0.6) is 5.75 Å². The summed E-state index contributed by atoms with van der Waals surface area (Å²) in [7, 11) is -2.11. The van der Waals surface area contributed by atoms with Crippen molar-refractivity contribution in [3.05, 3.63) is 70.3 Å². The van der Waals surface area contributed by atoms with Gasteiger partial charge in [-0.05, 0) is 104 Å². The van der Waals surface area contributed by atoms with Gasteiger partial charge in [0.25, 0.3) is 5.91 Å². The van der Waals surface area contributed by atoms with Crippen molar-refractivity contribution < 1.29 is 27.4 Å². The highest BCUT2D eigenvalue weighted by Crippen LogP contribution is 2.47. The van der Waals surface area contributed by atoms with E-state index >= 15 is 0 Å². The predicted octanol–water partition coefficient (Wildman–Crippen LogP) is 5.28. The van der Waals surface area contributed by atoms with Crippen LogP contribution in [0.2, 0.25) is 5.02 Å². The number of sulfonamides is 1. The fraction of sp³-hybridized carbons (Fsp3) is 0.559. The Bertz CT molecular complexity index is 1560. The van der Waals surface area contributed by atoms with Crippen LogP contribution in [0.4, 0.5) is 5.69 Å². The number of nitrogens with one attached hydrogen (secondary N) is 1. The van der Waals surface area contributed by atoms with Crippen molar-refractivity contribution in [2.45, 2.75) is 61.7 Å². The van der Waals surface area contributed by atoms with Crippen LogP contribution >= 0.6 is 11.6 Å². The molecule has 1 spiro atoms. The zero-order chi connectivity index (χ0) is 30.5. The third kappa shape index (κ3) is 5.77. The summed E-state index contributed by atoms with van der Waals surface area (Å²) in [6, 6.07) is 11.6. The molecule has 5 aliphatic rings. The molecule has 3 aliphatic carbocycles. The van der Waals surface area contributed by atoms with Gasteiger partial charge in [-0.1, -0.05) is 29.8 Å². The first-order valence-corrected chi connectivity index (χ1v) is 17.8. The van der Waals surface area contributed by atoms with Crippen LogP contribution in [0.25, 0.3) is 0 Å². The Labute approximate surface area is 265 Å². The number of fused-ring (bicyclic) bond motifs is 5. The van der Waals surface area contributed by atoms with E-state index in [1.165, 1.54) is 11.1 Å². The van der Waals surface area contributed by atoms with Crippen LogP contribution < -0.4 is 14.4 Å². The lowest BCUT2D eigenvalue weighted by Crippen LogP contribution is -2.49. The molecule has 1 N–H and O–H groups in total. The normalized spacial score (nSPS) is 33.0. The number of hydrogen-bond acceptors (Lipinski definition) is 7. The number of aryl methyl sites for hydroxylation is 1. The Morgan fingerprint density at radius 1 is 1.14 bits per heavy atom. The van der Waals surface area contributed by atoms with E-state index in [4.69, 9.17) is 25.8 Å². The van der Waals surface area contributed by atoms with Crippen LogP contribution in [0.15, 0.2) is 48.6 Å². The van der Waals surface area contributed by atoms with Crippen molar-refractivity contribution in [1.29, 1.82) is 0 Å². The van der Waals surface area contributed by atoms with Crippen LogP contribution in [0, 0.1) is 17.8 Å². The molecule has 7 rings (SSSR count). The average molecular weight is 641 g/mol. The van der Waals surface area contributed by atoms with Crippen LogP contribution in [0.3, 0.4) is 0 Å². The summed E-state index contributed by atoms with van der Waals surface area (Å²) in [5, 5.41) is 0.186. The van der Waals surface area contributed by atoms with Gasteiger partial charge in [0, 0.05) is 36.2 Å². The number of methoxy groups -OCH3 is 1. The molecule has 10 heteroatoms. The van der Waals surface area contributed by atoms with Crippen LogP contribution in [-0.4, -0.2) is 65.7 Å². The van der Waals surface area contributed by atoms with Crippen LogP contribution in [0.1, 0.15) is 60.0 Å². The van der Waals surface area contributed by atoms with E-state index in [9.17, 15) is 13.2 Å². The second-order valence-electron chi connectivity index (χ2n) is 13.3. The Hall–Kier alpha value is -2.59. The zero-order valence-corrected chi connectivity index (χ0v) is 26.7. The monoisotopic (exact) mass is 640 g/mol. The Morgan fingerprint density at radius 2 is 2.02 bits per heavy atom. The highest BCUT2D eigenvalue weighted by Gasteiger charge is 2.48. The fourth-order valence-electron chi connectivity index (χ4n) is 7.88. The summed E-state index contributed by atoms with van der Waals surface area (Å²) in [4.78, 5) is 15.7. The molecule has 44 heavy (non-hydrogen) atoms. The van der Waals surface area contributed by atoms with E-state index in [1.54, 1.807) is 13.2 Å². The third-order valence-electron chi connectivity index (χ3n) is 10.5. The topological polar surface area (TPSA) is 94.2 Å². The Morgan fingerprint density at radius 3 is 2.84 bits per heavy atom. The highest BCUT2D eigenvalue weighted by atomic mass is 35.5. The quantitative estimate of drug-likeness (QED) is 0.359. The molecule has 0 unspecified atom stereocenters.